The van der Waals surface area contributed by atoms with E-state index < -0.39 is 13.9 Å². The molecule has 6 nitrogen and oxygen atoms in total. The minimum absolute atomic E-state index is 0.102. The van der Waals surface area contributed by atoms with Crippen molar-refractivity contribution in [1.82, 2.24) is 9.38 Å². The standard InChI is InChI=1S/C16H15BF2N2O4/c1-10-13(8-11-4-2-3-5-14(11)24-16(18)19)21-9-12(25-17(22)23)6-7-15(21)20-10/h2-7,9,16,22-23H,8H2,1H3. The van der Waals surface area contributed by atoms with E-state index in [0.717, 1.165) is 5.69 Å². The molecule has 0 saturated heterocycles. The van der Waals surface area contributed by atoms with Crippen LogP contribution in [0.15, 0.2) is 42.6 Å². The normalized spacial score (nSPS) is 11.1. The average molecular weight is 348 g/mol. The lowest BCUT2D eigenvalue weighted by Gasteiger charge is -2.11. The highest BCUT2D eigenvalue weighted by molar-refractivity contribution is 6.33. The highest BCUT2D eigenvalue weighted by atomic mass is 19.3. The number of aryl methyl sites for hydroxylation is 1. The fourth-order valence-electron chi connectivity index (χ4n) is 2.64. The van der Waals surface area contributed by atoms with Crippen LogP contribution in [-0.2, 0) is 6.42 Å². The van der Waals surface area contributed by atoms with Crippen molar-refractivity contribution in [2.75, 3.05) is 0 Å². The molecule has 0 amide bonds. The fourth-order valence-corrected chi connectivity index (χ4v) is 2.64. The van der Waals surface area contributed by atoms with Crippen LogP contribution in [0.3, 0.4) is 0 Å². The molecule has 2 heterocycles. The molecule has 0 radical (unpaired) electrons. The summed E-state index contributed by atoms with van der Waals surface area (Å²) in [6.07, 6.45) is 1.86. The second kappa shape index (κ2) is 7.08. The van der Waals surface area contributed by atoms with Crippen LogP contribution in [0.25, 0.3) is 5.65 Å². The molecule has 25 heavy (non-hydrogen) atoms. The second-order valence-electron chi connectivity index (χ2n) is 5.34. The molecule has 0 aliphatic heterocycles. The summed E-state index contributed by atoms with van der Waals surface area (Å²) >= 11 is 0. The van der Waals surface area contributed by atoms with Gasteiger partial charge in [0.15, 0.2) is 0 Å². The van der Waals surface area contributed by atoms with Gasteiger partial charge in [-0.05, 0) is 25.1 Å². The van der Waals surface area contributed by atoms with Gasteiger partial charge in [0.25, 0.3) is 0 Å². The van der Waals surface area contributed by atoms with E-state index in [-0.39, 0.29) is 11.5 Å². The SMILES string of the molecule is Cc1nc2ccc(OB(O)O)cn2c1Cc1ccccc1OC(F)F. The number of ether oxygens (including phenoxy) is 1. The van der Waals surface area contributed by atoms with Crippen molar-refractivity contribution in [3.05, 3.63) is 59.5 Å². The van der Waals surface area contributed by atoms with Gasteiger partial charge in [0.05, 0.1) is 17.6 Å². The van der Waals surface area contributed by atoms with E-state index in [0.29, 0.717) is 23.3 Å². The molecule has 0 aliphatic rings. The predicted molar refractivity (Wildman–Crippen MR) is 86.6 cm³/mol. The maximum absolute atomic E-state index is 12.6. The molecule has 9 heteroatoms. The molecule has 0 atom stereocenters. The first-order chi connectivity index (χ1) is 11.9. The van der Waals surface area contributed by atoms with Crippen LogP contribution in [0, 0.1) is 6.92 Å². The fraction of sp³-hybridized carbons (Fsp3) is 0.188. The van der Waals surface area contributed by atoms with E-state index in [1.54, 1.807) is 47.9 Å². The van der Waals surface area contributed by atoms with Gasteiger partial charge in [-0.15, -0.1) is 0 Å². The molecule has 3 aromatic rings. The summed E-state index contributed by atoms with van der Waals surface area (Å²) in [5, 5.41) is 17.9. The topological polar surface area (TPSA) is 76.2 Å². The van der Waals surface area contributed by atoms with E-state index in [1.807, 2.05) is 0 Å². The summed E-state index contributed by atoms with van der Waals surface area (Å²) < 4.78 is 36.3. The first-order valence-corrected chi connectivity index (χ1v) is 7.47. The predicted octanol–water partition coefficient (Wildman–Crippen LogP) is 2.18. The first kappa shape index (κ1) is 17.2. The first-order valence-electron chi connectivity index (χ1n) is 7.47. The third-order valence-electron chi connectivity index (χ3n) is 3.68. The summed E-state index contributed by atoms with van der Waals surface area (Å²) in [5.41, 5.74) is 2.67. The monoisotopic (exact) mass is 348 g/mol. The lowest BCUT2D eigenvalue weighted by molar-refractivity contribution is -0.0503. The number of benzene rings is 1. The van der Waals surface area contributed by atoms with Crippen molar-refractivity contribution in [2.45, 2.75) is 20.0 Å². The van der Waals surface area contributed by atoms with Crippen molar-refractivity contribution >= 4 is 13.0 Å². The third kappa shape index (κ3) is 3.89. The molecule has 0 unspecified atom stereocenters. The molecule has 0 saturated carbocycles. The Kier molecular flexibility index (Phi) is 4.87. The average Bonchev–Trinajstić information content (AvgIpc) is 2.84. The van der Waals surface area contributed by atoms with Gasteiger partial charge in [0.1, 0.15) is 17.1 Å². The molecule has 3 rings (SSSR count). The Labute approximate surface area is 142 Å². The third-order valence-corrected chi connectivity index (χ3v) is 3.68. The Morgan fingerprint density at radius 3 is 2.68 bits per heavy atom. The van der Waals surface area contributed by atoms with Crippen LogP contribution >= 0.6 is 0 Å². The molecule has 2 aromatic heterocycles. The van der Waals surface area contributed by atoms with E-state index in [4.69, 9.17) is 14.7 Å². The quantitative estimate of drug-likeness (QED) is 0.668. The lowest BCUT2D eigenvalue weighted by atomic mass is 10.1. The number of hydrogen-bond acceptors (Lipinski definition) is 5. The zero-order valence-corrected chi connectivity index (χ0v) is 13.3. The summed E-state index contributed by atoms with van der Waals surface area (Å²) in [7, 11) is -1.94. The van der Waals surface area contributed by atoms with Crippen molar-refractivity contribution in [3.63, 3.8) is 0 Å². The zero-order chi connectivity index (χ0) is 18.0. The highest BCUT2D eigenvalue weighted by Gasteiger charge is 2.16. The Bertz CT molecular complexity index is 886. The van der Waals surface area contributed by atoms with Gasteiger partial charge in [0.2, 0.25) is 0 Å². The Morgan fingerprint density at radius 1 is 1.20 bits per heavy atom. The number of imidazole rings is 1. The lowest BCUT2D eigenvalue weighted by Crippen LogP contribution is -2.20. The summed E-state index contributed by atoms with van der Waals surface area (Å²) in [6.45, 7) is -1.10. The number of nitrogens with zero attached hydrogens (tertiary/aromatic N) is 2. The van der Waals surface area contributed by atoms with Crippen molar-refractivity contribution < 1.29 is 28.2 Å². The molecule has 2 N–H and O–H groups in total. The van der Waals surface area contributed by atoms with E-state index in [2.05, 4.69) is 9.72 Å². The number of hydrogen-bond donors (Lipinski definition) is 2. The van der Waals surface area contributed by atoms with Crippen molar-refractivity contribution in [1.29, 1.82) is 0 Å². The second-order valence-corrected chi connectivity index (χ2v) is 5.34. The smallest absolute Gasteiger partial charge is 0.511 e. The van der Waals surface area contributed by atoms with E-state index in [1.165, 1.54) is 6.07 Å². The maximum Gasteiger partial charge on any atom is 0.707 e. The van der Waals surface area contributed by atoms with Crippen LogP contribution in [-0.4, -0.2) is 33.4 Å². The van der Waals surface area contributed by atoms with Crippen molar-refractivity contribution in [3.8, 4) is 11.5 Å². The van der Waals surface area contributed by atoms with Gasteiger partial charge in [-0.2, -0.15) is 8.78 Å². The largest absolute Gasteiger partial charge is 0.707 e. The molecule has 130 valence electrons. The van der Waals surface area contributed by atoms with E-state index >= 15 is 0 Å². The van der Waals surface area contributed by atoms with Crippen LogP contribution in [0.4, 0.5) is 8.78 Å². The number of aromatic nitrogens is 2. The molecule has 0 bridgehead atoms. The molecule has 1 aromatic carbocycles. The summed E-state index contributed by atoms with van der Waals surface area (Å²) in [5.74, 6) is 0.336. The number of rotatable bonds is 6. The van der Waals surface area contributed by atoms with Crippen molar-refractivity contribution in [2.24, 2.45) is 0 Å². The van der Waals surface area contributed by atoms with Crippen LogP contribution in [0.1, 0.15) is 17.0 Å². The number of halogens is 2. The van der Waals surface area contributed by atoms with Gasteiger partial charge < -0.3 is 19.4 Å². The Hall–Kier alpha value is -2.65. The molecular weight excluding hydrogens is 333 g/mol. The summed E-state index contributed by atoms with van der Waals surface area (Å²) in [6, 6.07) is 9.76. The summed E-state index contributed by atoms with van der Waals surface area (Å²) in [4.78, 5) is 4.41. The minimum atomic E-state index is -2.91. The molecule has 0 fully saturated rings. The number of fused-ring (bicyclic) bond motifs is 1. The maximum atomic E-state index is 12.6. The van der Waals surface area contributed by atoms with Gasteiger partial charge in [-0.25, -0.2) is 4.98 Å². The Morgan fingerprint density at radius 2 is 1.96 bits per heavy atom. The van der Waals surface area contributed by atoms with Crippen LogP contribution in [0.2, 0.25) is 0 Å². The molecule has 0 spiro atoms. The Balaban J connectivity index is 2.00. The number of pyridine rings is 1. The van der Waals surface area contributed by atoms with Gasteiger partial charge in [-0.3, -0.25) is 4.40 Å². The van der Waals surface area contributed by atoms with Crippen LogP contribution < -0.4 is 9.39 Å². The van der Waals surface area contributed by atoms with Gasteiger partial charge >= 0.3 is 13.9 Å². The highest BCUT2D eigenvalue weighted by Crippen LogP contribution is 2.26. The van der Waals surface area contributed by atoms with Gasteiger partial charge in [-0.1, -0.05) is 18.2 Å². The number of alkyl halides is 2. The zero-order valence-electron chi connectivity index (χ0n) is 13.3. The van der Waals surface area contributed by atoms with E-state index in [9.17, 15) is 8.78 Å². The molecule has 0 aliphatic carbocycles. The number of para-hydroxylation sites is 1. The molecular formula is C16H15BF2N2O4. The minimum Gasteiger partial charge on any atom is -0.511 e. The van der Waals surface area contributed by atoms with Gasteiger partial charge in [0, 0.05) is 12.0 Å². The van der Waals surface area contributed by atoms with Crippen LogP contribution in [0.5, 0.6) is 11.5 Å².